The van der Waals surface area contributed by atoms with Gasteiger partial charge in [-0.2, -0.15) is 0 Å². The molecule has 0 unspecified atom stereocenters. The first kappa shape index (κ1) is 12.3. The first-order valence-corrected chi connectivity index (χ1v) is 6.55. The van der Waals surface area contributed by atoms with Crippen molar-refractivity contribution in [3.8, 4) is 11.1 Å². The quantitative estimate of drug-likeness (QED) is 0.910. The minimum Gasteiger partial charge on any atom is -0.330 e. The number of hydrogen-bond donors (Lipinski definition) is 1. The Balaban J connectivity index is 2.39. The number of benzene rings is 2. The van der Waals surface area contributed by atoms with Crippen molar-refractivity contribution in [3.63, 3.8) is 0 Å². The molecular formula is C15H16BrN. The maximum absolute atomic E-state index is 5.62. The first-order chi connectivity index (χ1) is 8.20. The van der Waals surface area contributed by atoms with Gasteiger partial charge in [0.15, 0.2) is 0 Å². The maximum Gasteiger partial charge on any atom is 0.0208 e. The van der Waals surface area contributed by atoms with Crippen molar-refractivity contribution in [2.24, 2.45) is 5.73 Å². The van der Waals surface area contributed by atoms with Gasteiger partial charge < -0.3 is 5.73 Å². The predicted octanol–water partition coefficient (Wildman–Crippen LogP) is 3.93. The second-order valence-corrected chi connectivity index (χ2v) is 5.07. The van der Waals surface area contributed by atoms with Crippen molar-refractivity contribution >= 4 is 15.9 Å². The lowest BCUT2D eigenvalue weighted by Gasteiger charge is -2.07. The molecule has 0 fully saturated rings. The molecule has 88 valence electrons. The van der Waals surface area contributed by atoms with E-state index in [2.05, 4.69) is 65.3 Å². The van der Waals surface area contributed by atoms with E-state index < -0.39 is 0 Å². The van der Waals surface area contributed by atoms with Crippen LogP contribution in [0.25, 0.3) is 11.1 Å². The Morgan fingerprint density at radius 2 is 1.65 bits per heavy atom. The van der Waals surface area contributed by atoms with Crippen molar-refractivity contribution < 1.29 is 0 Å². The second kappa shape index (κ2) is 5.48. The molecule has 2 rings (SSSR count). The molecule has 0 amide bonds. The lowest BCUT2D eigenvalue weighted by Crippen LogP contribution is -2.03. The third kappa shape index (κ3) is 2.96. The minimum absolute atomic E-state index is 0.677. The van der Waals surface area contributed by atoms with Gasteiger partial charge in [-0.3, -0.25) is 0 Å². The summed E-state index contributed by atoms with van der Waals surface area (Å²) >= 11 is 3.56. The molecule has 0 aromatic heterocycles. The lowest BCUT2D eigenvalue weighted by atomic mass is 10.0. The van der Waals surface area contributed by atoms with Crippen molar-refractivity contribution in [1.29, 1.82) is 0 Å². The molecule has 2 N–H and O–H groups in total. The van der Waals surface area contributed by atoms with Gasteiger partial charge in [0.2, 0.25) is 0 Å². The Hall–Kier alpha value is -1.12. The molecule has 0 spiro atoms. The van der Waals surface area contributed by atoms with E-state index >= 15 is 0 Å². The third-order valence-corrected chi connectivity index (χ3v) is 3.62. The van der Waals surface area contributed by atoms with Crippen LogP contribution in [0.15, 0.2) is 46.9 Å². The van der Waals surface area contributed by atoms with Gasteiger partial charge in [0.1, 0.15) is 0 Å². The molecule has 0 heterocycles. The number of halogens is 1. The van der Waals surface area contributed by atoms with Gasteiger partial charge in [0.25, 0.3) is 0 Å². The Morgan fingerprint density at radius 3 is 2.29 bits per heavy atom. The standard InChI is InChI=1S/C15H16BrN/c1-11-2-4-12(5-3-11)13-6-7-15(16)14(10-13)8-9-17/h2-7,10H,8-9,17H2,1H3. The summed E-state index contributed by atoms with van der Waals surface area (Å²) in [5.41, 5.74) is 10.7. The Labute approximate surface area is 111 Å². The molecular weight excluding hydrogens is 274 g/mol. The van der Waals surface area contributed by atoms with E-state index in [9.17, 15) is 0 Å². The summed E-state index contributed by atoms with van der Waals surface area (Å²) in [6.07, 6.45) is 0.903. The van der Waals surface area contributed by atoms with Gasteiger partial charge in [0.05, 0.1) is 0 Å². The molecule has 0 aliphatic rings. The van der Waals surface area contributed by atoms with Gasteiger partial charge >= 0.3 is 0 Å². The highest BCUT2D eigenvalue weighted by Gasteiger charge is 2.03. The van der Waals surface area contributed by atoms with Gasteiger partial charge in [-0.25, -0.2) is 0 Å². The monoisotopic (exact) mass is 289 g/mol. The van der Waals surface area contributed by atoms with Crippen molar-refractivity contribution in [1.82, 2.24) is 0 Å². The molecule has 0 saturated carbocycles. The Kier molecular flexibility index (Phi) is 3.97. The SMILES string of the molecule is Cc1ccc(-c2ccc(Br)c(CCN)c2)cc1. The molecule has 0 aliphatic carbocycles. The zero-order valence-corrected chi connectivity index (χ0v) is 11.5. The molecule has 0 bridgehead atoms. The molecule has 2 heteroatoms. The van der Waals surface area contributed by atoms with E-state index in [0.29, 0.717) is 6.54 Å². The average Bonchev–Trinajstić information content (AvgIpc) is 2.33. The van der Waals surface area contributed by atoms with Crippen molar-refractivity contribution in [3.05, 3.63) is 58.1 Å². The zero-order chi connectivity index (χ0) is 12.3. The van der Waals surface area contributed by atoms with Crippen LogP contribution >= 0.6 is 15.9 Å². The van der Waals surface area contributed by atoms with Crippen LogP contribution in [0.5, 0.6) is 0 Å². The zero-order valence-electron chi connectivity index (χ0n) is 9.91. The van der Waals surface area contributed by atoms with Gasteiger partial charge in [-0.05, 0) is 48.7 Å². The van der Waals surface area contributed by atoms with Gasteiger partial charge in [0, 0.05) is 4.47 Å². The minimum atomic E-state index is 0.677. The van der Waals surface area contributed by atoms with E-state index in [1.165, 1.54) is 22.3 Å². The Bertz CT molecular complexity index is 503. The summed E-state index contributed by atoms with van der Waals surface area (Å²) in [6, 6.07) is 15.0. The first-order valence-electron chi connectivity index (χ1n) is 5.76. The van der Waals surface area contributed by atoms with Crippen LogP contribution in [0, 0.1) is 6.92 Å². The fraction of sp³-hybridized carbons (Fsp3) is 0.200. The summed E-state index contributed by atoms with van der Waals surface area (Å²) in [7, 11) is 0. The van der Waals surface area contributed by atoms with Crippen molar-refractivity contribution in [2.45, 2.75) is 13.3 Å². The second-order valence-electron chi connectivity index (χ2n) is 4.21. The van der Waals surface area contributed by atoms with Crippen LogP contribution in [-0.2, 0) is 6.42 Å². The fourth-order valence-corrected chi connectivity index (χ4v) is 2.29. The van der Waals surface area contributed by atoms with E-state index in [1.807, 2.05) is 0 Å². The summed E-state index contributed by atoms with van der Waals surface area (Å²) in [4.78, 5) is 0. The Morgan fingerprint density at radius 1 is 1.00 bits per heavy atom. The highest BCUT2D eigenvalue weighted by Crippen LogP contribution is 2.26. The highest BCUT2D eigenvalue weighted by atomic mass is 79.9. The number of aryl methyl sites for hydroxylation is 1. The van der Waals surface area contributed by atoms with E-state index in [-0.39, 0.29) is 0 Å². The molecule has 2 aromatic rings. The lowest BCUT2D eigenvalue weighted by molar-refractivity contribution is 0.964. The number of rotatable bonds is 3. The molecule has 1 nitrogen and oxygen atoms in total. The summed E-state index contributed by atoms with van der Waals surface area (Å²) in [6.45, 7) is 2.78. The third-order valence-electron chi connectivity index (χ3n) is 2.84. The van der Waals surface area contributed by atoms with E-state index in [4.69, 9.17) is 5.73 Å². The number of nitrogens with two attached hydrogens (primary N) is 1. The smallest absolute Gasteiger partial charge is 0.0208 e. The van der Waals surface area contributed by atoms with Crippen LogP contribution < -0.4 is 5.73 Å². The van der Waals surface area contributed by atoms with Crippen molar-refractivity contribution in [2.75, 3.05) is 6.54 Å². The molecule has 0 saturated heterocycles. The highest BCUT2D eigenvalue weighted by molar-refractivity contribution is 9.10. The van der Waals surface area contributed by atoms with Crippen LogP contribution in [0.4, 0.5) is 0 Å². The summed E-state index contributed by atoms with van der Waals surface area (Å²) < 4.78 is 1.14. The predicted molar refractivity (Wildman–Crippen MR) is 77.1 cm³/mol. The summed E-state index contributed by atoms with van der Waals surface area (Å²) in [5, 5.41) is 0. The fourth-order valence-electron chi connectivity index (χ4n) is 1.85. The maximum atomic E-state index is 5.62. The summed E-state index contributed by atoms with van der Waals surface area (Å²) in [5.74, 6) is 0. The van der Waals surface area contributed by atoms with Crippen LogP contribution in [-0.4, -0.2) is 6.54 Å². The molecule has 0 radical (unpaired) electrons. The van der Waals surface area contributed by atoms with Crippen LogP contribution in [0.3, 0.4) is 0 Å². The van der Waals surface area contributed by atoms with E-state index in [0.717, 1.165) is 10.9 Å². The van der Waals surface area contributed by atoms with Crippen LogP contribution in [0.1, 0.15) is 11.1 Å². The molecule has 0 atom stereocenters. The molecule has 17 heavy (non-hydrogen) atoms. The normalized spacial score (nSPS) is 10.5. The van der Waals surface area contributed by atoms with Gasteiger partial charge in [-0.1, -0.05) is 51.8 Å². The average molecular weight is 290 g/mol. The van der Waals surface area contributed by atoms with Gasteiger partial charge in [-0.15, -0.1) is 0 Å². The van der Waals surface area contributed by atoms with E-state index in [1.54, 1.807) is 0 Å². The van der Waals surface area contributed by atoms with Crippen LogP contribution in [0.2, 0.25) is 0 Å². The number of hydrogen-bond acceptors (Lipinski definition) is 1. The molecule has 2 aromatic carbocycles. The molecule has 0 aliphatic heterocycles. The topological polar surface area (TPSA) is 26.0 Å². The largest absolute Gasteiger partial charge is 0.330 e.